The van der Waals surface area contributed by atoms with Gasteiger partial charge < -0.3 is 15.3 Å². The standard InChI is InChI=1S/C4H3F3O5/c5-4(6,7)3(12,1(8)9)2(10)11/h12H,(H,8,9)(H,10,11). The summed E-state index contributed by atoms with van der Waals surface area (Å²) in [6.07, 6.45) is -5.75. The number of halogens is 3. The lowest BCUT2D eigenvalue weighted by atomic mass is 10.1. The Morgan fingerprint density at radius 2 is 1.25 bits per heavy atom. The molecule has 12 heavy (non-hydrogen) atoms. The van der Waals surface area contributed by atoms with Crippen LogP contribution in [0.5, 0.6) is 0 Å². The molecule has 0 rings (SSSR count). The normalized spacial score (nSPS) is 12.7. The molecule has 70 valence electrons. The Balaban J connectivity index is 5.17. The maximum absolute atomic E-state index is 11.6. The Morgan fingerprint density at radius 3 is 1.25 bits per heavy atom. The highest BCUT2D eigenvalue weighted by atomic mass is 19.4. The molecule has 0 spiro atoms. The van der Waals surface area contributed by atoms with Crippen LogP contribution in [0.3, 0.4) is 0 Å². The van der Waals surface area contributed by atoms with Gasteiger partial charge in [-0.05, 0) is 0 Å². The van der Waals surface area contributed by atoms with Gasteiger partial charge in [-0.2, -0.15) is 13.2 Å². The molecule has 8 heteroatoms. The van der Waals surface area contributed by atoms with Gasteiger partial charge in [0.05, 0.1) is 0 Å². The number of carboxylic acids is 2. The first-order valence-corrected chi connectivity index (χ1v) is 2.40. The lowest BCUT2D eigenvalue weighted by Gasteiger charge is -2.20. The third-order valence-electron chi connectivity index (χ3n) is 1.03. The van der Waals surface area contributed by atoms with Crippen LogP contribution < -0.4 is 0 Å². The summed E-state index contributed by atoms with van der Waals surface area (Å²) in [6, 6.07) is 0. The molecular weight excluding hydrogens is 185 g/mol. The molecule has 0 aromatic heterocycles. The molecule has 0 fully saturated rings. The van der Waals surface area contributed by atoms with Gasteiger partial charge in [0.25, 0.3) is 0 Å². The molecule has 0 saturated carbocycles. The highest BCUT2D eigenvalue weighted by molar-refractivity contribution is 6.02. The van der Waals surface area contributed by atoms with E-state index in [9.17, 15) is 22.8 Å². The van der Waals surface area contributed by atoms with Crippen molar-refractivity contribution in [3.05, 3.63) is 0 Å². The SMILES string of the molecule is O=C(O)C(O)(C(=O)O)C(F)(F)F. The second kappa shape index (κ2) is 2.63. The first kappa shape index (κ1) is 10.7. The van der Waals surface area contributed by atoms with Crippen molar-refractivity contribution in [2.24, 2.45) is 0 Å². The zero-order valence-corrected chi connectivity index (χ0v) is 5.29. The molecular formula is C4H3F3O5. The zero-order chi connectivity index (χ0) is 10.2. The van der Waals surface area contributed by atoms with E-state index < -0.39 is 23.7 Å². The lowest BCUT2D eigenvalue weighted by molar-refractivity contribution is -0.259. The summed E-state index contributed by atoms with van der Waals surface area (Å²) in [7, 11) is 0. The van der Waals surface area contributed by atoms with E-state index in [0.29, 0.717) is 0 Å². The highest BCUT2D eigenvalue weighted by Crippen LogP contribution is 2.30. The van der Waals surface area contributed by atoms with Crippen LogP contribution in [0, 0.1) is 0 Å². The number of hydrogen-bond donors (Lipinski definition) is 3. The molecule has 5 nitrogen and oxygen atoms in total. The van der Waals surface area contributed by atoms with Crippen molar-refractivity contribution in [2.45, 2.75) is 11.8 Å². The average molecular weight is 188 g/mol. The van der Waals surface area contributed by atoms with Gasteiger partial charge in [-0.3, -0.25) is 0 Å². The number of carboxylic acid groups (broad SMARTS) is 2. The smallest absolute Gasteiger partial charge is 0.439 e. The third-order valence-corrected chi connectivity index (χ3v) is 1.03. The van der Waals surface area contributed by atoms with Crippen molar-refractivity contribution < 1.29 is 38.1 Å². The second-order valence-corrected chi connectivity index (χ2v) is 1.82. The molecule has 0 aliphatic heterocycles. The van der Waals surface area contributed by atoms with Gasteiger partial charge in [-0.15, -0.1) is 0 Å². The second-order valence-electron chi connectivity index (χ2n) is 1.82. The first-order valence-electron chi connectivity index (χ1n) is 2.40. The lowest BCUT2D eigenvalue weighted by Crippen LogP contribution is -2.58. The van der Waals surface area contributed by atoms with Gasteiger partial charge in [0, 0.05) is 0 Å². The molecule has 0 aromatic carbocycles. The molecule has 0 aromatic rings. The summed E-state index contributed by atoms with van der Waals surface area (Å²) in [5, 5.41) is 23.8. The Bertz CT molecular complexity index is 205. The maximum atomic E-state index is 11.6. The number of rotatable bonds is 2. The van der Waals surface area contributed by atoms with Crippen molar-refractivity contribution in [3.8, 4) is 0 Å². The van der Waals surface area contributed by atoms with Crippen LogP contribution in [-0.4, -0.2) is 39.0 Å². The third kappa shape index (κ3) is 1.33. The Hall–Kier alpha value is -1.31. The minimum atomic E-state index is -5.75. The fraction of sp³-hybridized carbons (Fsp3) is 0.500. The van der Waals surface area contributed by atoms with Gasteiger partial charge in [-0.25, -0.2) is 9.59 Å². The van der Waals surface area contributed by atoms with Crippen molar-refractivity contribution in [1.82, 2.24) is 0 Å². The average Bonchev–Trinajstić information content (AvgIpc) is 1.82. The first-order chi connectivity index (χ1) is 5.14. The molecule has 0 bridgehead atoms. The van der Waals surface area contributed by atoms with Gasteiger partial charge in [0.1, 0.15) is 0 Å². The van der Waals surface area contributed by atoms with E-state index in [0.717, 1.165) is 0 Å². The van der Waals surface area contributed by atoms with Crippen LogP contribution >= 0.6 is 0 Å². The molecule has 0 heterocycles. The summed E-state index contributed by atoms with van der Waals surface area (Å²) in [5.41, 5.74) is -4.73. The van der Waals surface area contributed by atoms with Crippen molar-refractivity contribution in [1.29, 1.82) is 0 Å². The maximum Gasteiger partial charge on any atom is 0.439 e. The van der Waals surface area contributed by atoms with Crippen LogP contribution in [0.4, 0.5) is 13.2 Å². The summed E-state index contributed by atoms with van der Waals surface area (Å²) in [6.45, 7) is 0. The Kier molecular flexibility index (Phi) is 2.34. The van der Waals surface area contributed by atoms with Gasteiger partial charge in [-0.1, -0.05) is 0 Å². The molecule has 0 saturated heterocycles. The molecule has 0 radical (unpaired) electrons. The summed E-state index contributed by atoms with van der Waals surface area (Å²) >= 11 is 0. The van der Waals surface area contributed by atoms with E-state index in [1.807, 2.05) is 0 Å². The van der Waals surface area contributed by atoms with Crippen molar-refractivity contribution >= 4 is 11.9 Å². The molecule has 0 aliphatic carbocycles. The van der Waals surface area contributed by atoms with Crippen LogP contribution in [0.15, 0.2) is 0 Å². The van der Waals surface area contributed by atoms with E-state index in [-0.39, 0.29) is 0 Å². The molecule has 0 amide bonds. The Morgan fingerprint density at radius 1 is 1.00 bits per heavy atom. The largest absolute Gasteiger partial charge is 0.478 e. The van der Waals surface area contributed by atoms with Crippen LogP contribution in [-0.2, 0) is 9.59 Å². The number of carbonyl (C=O) groups is 2. The summed E-state index contributed by atoms with van der Waals surface area (Å²) < 4.78 is 34.8. The number of alkyl halides is 3. The molecule has 0 atom stereocenters. The van der Waals surface area contributed by atoms with E-state index >= 15 is 0 Å². The minimum absolute atomic E-state index is 2.87. The minimum Gasteiger partial charge on any atom is -0.478 e. The topological polar surface area (TPSA) is 94.8 Å². The quantitative estimate of drug-likeness (QED) is 0.505. The predicted octanol–water partition coefficient (Wildman–Crippen LogP) is -0.551. The number of aliphatic hydroxyl groups is 1. The monoisotopic (exact) mass is 188 g/mol. The molecule has 0 unspecified atom stereocenters. The van der Waals surface area contributed by atoms with Crippen molar-refractivity contribution in [3.63, 3.8) is 0 Å². The number of aliphatic carboxylic acids is 2. The van der Waals surface area contributed by atoms with Gasteiger partial charge in [0.2, 0.25) is 0 Å². The van der Waals surface area contributed by atoms with Gasteiger partial charge >= 0.3 is 23.7 Å². The van der Waals surface area contributed by atoms with Crippen LogP contribution in [0.1, 0.15) is 0 Å². The molecule has 3 N–H and O–H groups in total. The fourth-order valence-electron chi connectivity index (χ4n) is 0.334. The summed E-state index contributed by atoms with van der Waals surface area (Å²) in [5.74, 6) is -5.75. The Labute approximate surface area is 63.0 Å². The predicted molar refractivity (Wildman–Crippen MR) is 26.3 cm³/mol. The highest BCUT2D eigenvalue weighted by Gasteiger charge is 2.66. The van der Waals surface area contributed by atoms with E-state index in [2.05, 4.69) is 0 Å². The van der Waals surface area contributed by atoms with Crippen molar-refractivity contribution in [2.75, 3.05) is 0 Å². The van der Waals surface area contributed by atoms with Crippen LogP contribution in [0.2, 0.25) is 0 Å². The fourth-order valence-corrected chi connectivity index (χ4v) is 0.334. The van der Waals surface area contributed by atoms with E-state index in [1.165, 1.54) is 0 Å². The van der Waals surface area contributed by atoms with E-state index in [4.69, 9.17) is 15.3 Å². The summed E-state index contributed by atoms with van der Waals surface area (Å²) in [4.78, 5) is 19.5. The zero-order valence-electron chi connectivity index (χ0n) is 5.29. The number of hydrogen-bond acceptors (Lipinski definition) is 3. The molecule has 0 aliphatic rings. The van der Waals surface area contributed by atoms with Gasteiger partial charge in [0.15, 0.2) is 0 Å². The van der Waals surface area contributed by atoms with E-state index in [1.54, 1.807) is 0 Å². The van der Waals surface area contributed by atoms with Crippen LogP contribution in [0.25, 0.3) is 0 Å².